The number of benzene rings is 1. The Bertz CT molecular complexity index is 885. The largest absolute Gasteiger partial charge is 0.462 e. The van der Waals surface area contributed by atoms with Crippen LogP contribution in [0.2, 0.25) is 0 Å². The van der Waals surface area contributed by atoms with Gasteiger partial charge in [0.25, 0.3) is 5.91 Å². The number of H-pyrrole nitrogens is 1. The van der Waals surface area contributed by atoms with Gasteiger partial charge in [0.05, 0.1) is 23.5 Å². The minimum atomic E-state index is -0.465. The van der Waals surface area contributed by atoms with Gasteiger partial charge in [-0.05, 0) is 63.8 Å². The Morgan fingerprint density at radius 3 is 2.61 bits per heavy atom. The second-order valence-corrected chi connectivity index (χ2v) is 7.01. The maximum Gasteiger partial charge on any atom is 0.340 e. The Kier molecular flexibility index (Phi) is 6.02. The molecule has 2 heterocycles. The maximum atomic E-state index is 13.9. The molecule has 0 unspecified atom stereocenters. The third-order valence-electron chi connectivity index (χ3n) is 5.05. The predicted molar refractivity (Wildman–Crippen MR) is 107 cm³/mol. The van der Waals surface area contributed by atoms with Gasteiger partial charge in [-0.25, -0.2) is 9.18 Å². The summed E-state index contributed by atoms with van der Waals surface area (Å²) < 4.78 is 18.9. The molecule has 0 saturated carbocycles. The molecule has 0 aliphatic carbocycles. The first-order chi connectivity index (χ1) is 13.4. The van der Waals surface area contributed by atoms with Crippen LogP contribution in [0.25, 0.3) is 0 Å². The number of rotatable bonds is 5. The minimum absolute atomic E-state index is 0.257. The summed E-state index contributed by atoms with van der Waals surface area (Å²) in [7, 11) is 0. The van der Waals surface area contributed by atoms with E-state index in [0.717, 1.165) is 31.6 Å². The van der Waals surface area contributed by atoms with Crippen molar-refractivity contribution in [3.8, 4) is 0 Å². The maximum absolute atomic E-state index is 13.9. The Hall–Kier alpha value is -2.83. The second kappa shape index (κ2) is 8.46. The van der Waals surface area contributed by atoms with E-state index in [0.29, 0.717) is 22.5 Å². The molecule has 3 rings (SSSR count). The Morgan fingerprint density at radius 2 is 1.93 bits per heavy atom. The zero-order chi connectivity index (χ0) is 20.3. The number of nitrogens with one attached hydrogen (secondary N) is 2. The average molecular weight is 387 g/mol. The van der Waals surface area contributed by atoms with Gasteiger partial charge in [-0.15, -0.1) is 0 Å². The van der Waals surface area contributed by atoms with Crippen molar-refractivity contribution in [1.82, 2.24) is 4.98 Å². The van der Waals surface area contributed by atoms with E-state index in [1.54, 1.807) is 26.8 Å². The van der Waals surface area contributed by atoms with Gasteiger partial charge < -0.3 is 19.9 Å². The summed E-state index contributed by atoms with van der Waals surface area (Å²) in [6.45, 7) is 7.16. The highest BCUT2D eigenvalue weighted by atomic mass is 19.1. The average Bonchev–Trinajstić information content (AvgIpc) is 2.97. The molecule has 1 amide bonds. The van der Waals surface area contributed by atoms with Crippen LogP contribution in [0.3, 0.4) is 0 Å². The zero-order valence-electron chi connectivity index (χ0n) is 16.5. The lowest BCUT2D eigenvalue weighted by molar-refractivity contribution is 0.0525. The van der Waals surface area contributed by atoms with Gasteiger partial charge in [0, 0.05) is 18.8 Å². The number of anilines is 2. The molecule has 150 valence electrons. The van der Waals surface area contributed by atoms with Crippen molar-refractivity contribution in [3.63, 3.8) is 0 Å². The third kappa shape index (κ3) is 4.03. The number of carbonyl (C=O) groups excluding carboxylic acids is 2. The van der Waals surface area contributed by atoms with Crippen molar-refractivity contribution in [1.29, 1.82) is 0 Å². The monoisotopic (exact) mass is 387 g/mol. The van der Waals surface area contributed by atoms with Crippen LogP contribution in [-0.2, 0) is 4.74 Å². The summed E-state index contributed by atoms with van der Waals surface area (Å²) in [5.74, 6) is -1.30. The molecule has 0 bridgehead atoms. The van der Waals surface area contributed by atoms with E-state index in [-0.39, 0.29) is 12.3 Å². The number of ether oxygens (including phenoxy) is 1. The molecular weight excluding hydrogens is 361 g/mol. The molecule has 1 aromatic carbocycles. The molecule has 0 radical (unpaired) electrons. The lowest BCUT2D eigenvalue weighted by Gasteiger charge is -2.30. The molecule has 0 spiro atoms. The van der Waals surface area contributed by atoms with E-state index >= 15 is 0 Å². The molecule has 1 aliphatic heterocycles. The van der Waals surface area contributed by atoms with Crippen LogP contribution in [0.1, 0.15) is 58.3 Å². The van der Waals surface area contributed by atoms with E-state index in [2.05, 4.69) is 15.2 Å². The van der Waals surface area contributed by atoms with E-state index in [9.17, 15) is 14.0 Å². The van der Waals surface area contributed by atoms with Crippen LogP contribution >= 0.6 is 0 Å². The van der Waals surface area contributed by atoms with Crippen molar-refractivity contribution < 1.29 is 18.7 Å². The highest BCUT2D eigenvalue weighted by Gasteiger charge is 2.24. The van der Waals surface area contributed by atoms with Gasteiger partial charge >= 0.3 is 5.97 Å². The summed E-state index contributed by atoms with van der Waals surface area (Å²) in [6, 6.07) is 4.44. The number of esters is 1. The SMILES string of the molecule is CCOC(=O)c1c(C)[nH]c(C(=O)Nc2cc(F)ccc2N2CCCCC2)c1C. The molecule has 1 fully saturated rings. The molecule has 1 aromatic heterocycles. The van der Waals surface area contributed by atoms with Gasteiger partial charge in [-0.1, -0.05) is 0 Å². The molecular formula is C21H26FN3O3. The molecule has 1 saturated heterocycles. The Balaban J connectivity index is 1.88. The fraction of sp³-hybridized carbons (Fsp3) is 0.429. The number of hydrogen-bond donors (Lipinski definition) is 2. The highest BCUT2D eigenvalue weighted by molar-refractivity contribution is 6.08. The summed E-state index contributed by atoms with van der Waals surface area (Å²) >= 11 is 0. The van der Waals surface area contributed by atoms with Gasteiger partial charge in [-0.3, -0.25) is 4.79 Å². The minimum Gasteiger partial charge on any atom is -0.462 e. The molecule has 2 N–H and O–H groups in total. The van der Waals surface area contributed by atoms with Crippen molar-refractivity contribution in [2.75, 3.05) is 29.9 Å². The number of halogens is 1. The first-order valence-electron chi connectivity index (χ1n) is 9.64. The zero-order valence-corrected chi connectivity index (χ0v) is 16.5. The number of aromatic amines is 1. The standard InChI is InChI=1S/C21H26FN3O3/c1-4-28-21(27)18-13(2)19(23-14(18)3)20(26)24-16-12-15(22)8-9-17(16)25-10-6-5-7-11-25/h8-9,12,23H,4-7,10-11H2,1-3H3,(H,24,26). The summed E-state index contributed by atoms with van der Waals surface area (Å²) in [4.78, 5) is 30.2. The van der Waals surface area contributed by atoms with Crippen LogP contribution in [-0.4, -0.2) is 36.6 Å². The van der Waals surface area contributed by atoms with Gasteiger partial charge in [-0.2, -0.15) is 0 Å². The predicted octanol–water partition coefficient (Wildman–Crippen LogP) is 4.19. The van der Waals surface area contributed by atoms with Gasteiger partial charge in [0.1, 0.15) is 11.5 Å². The van der Waals surface area contributed by atoms with Crippen LogP contribution in [0.5, 0.6) is 0 Å². The number of hydrogen-bond acceptors (Lipinski definition) is 4. The van der Waals surface area contributed by atoms with Gasteiger partial charge in [0.15, 0.2) is 0 Å². The quantitative estimate of drug-likeness (QED) is 0.755. The van der Waals surface area contributed by atoms with Crippen LogP contribution in [0.15, 0.2) is 18.2 Å². The van der Waals surface area contributed by atoms with Crippen molar-refractivity contribution in [3.05, 3.63) is 46.5 Å². The van der Waals surface area contributed by atoms with E-state index in [1.807, 2.05) is 0 Å². The smallest absolute Gasteiger partial charge is 0.340 e. The lowest BCUT2D eigenvalue weighted by Crippen LogP contribution is -2.30. The topological polar surface area (TPSA) is 74.4 Å². The number of aryl methyl sites for hydroxylation is 1. The fourth-order valence-corrected chi connectivity index (χ4v) is 3.69. The van der Waals surface area contributed by atoms with Crippen molar-refractivity contribution in [2.45, 2.75) is 40.0 Å². The molecule has 1 aliphatic rings. The highest BCUT2D eigenvalue weighted by Crippen LogP contribution is 2.30. The van der Waals surface area contributed by atoms with Crippen molar-refractivity contribution >= 4 is 23.3 Å². The number of amides is 1. The normalized spacial score (nSPS) is 14.1. The summed E-state index contributed by atoms with van der Waals surface area (Å²) in [6.07, 6.45) is 3.32. The molecule has 2 aromatic rings. The molecule has 0 atom stereocenters. The summed E-state index contributed by atoms with van der Waals surface area (Å²) in [5.41, 5.74) is 2.95. The molecule has 6 nitrogen and oxygen atoms in total. The third-order valence-corrected chi connectivity index (χ3v) is 5.05. The van der Waals surface area contributed by atoms with E-state index in [4.69, 9.17) is 4.74 Å². The van der Waals surface area contributed by atoms with E-state index in [1.165, 1.54) is 18.6 Å². The molecule has 7 heteroatoms. The van der Waals surface area contributed by atoms with Crippen molar-refractivity contribution in [2.24, 2.45) is 0 Å². The Labute approximate surface area is 164 Å². The first-order valence-corrected chi connectivity index (χ1v) is 9.64. The fourth-order valence-electron chi connectivity index (χ4n) is 3.69. The second-order valence-electron chi connectivity index (χ2n) is 7.01. The Morgan fingerprint density at radius 1 is 1.21 bits per heavy atom. The lowest BCUT2D eigenvalue weighted by atomic mass is 10.1. The van der Waals surface area contributed by atoms with Crippen LogP contribution < -0.4 is 10.2 Å². The van der Waals surface area contributed by atoms with Crippen LogP contribution in [0.4, 0.5) is 15.8 Å². The number of nitrogens with zero attached hydrogens (tertiary/aromatic N) is 1. The van der Waals surface area contributed by atoms with Crippen LogP contribution in [0, 0.1) is 19.7 Å². The first kappa shape index (κ1) is 19.9. The van der Waals surface area contributed by atoms with Gasteiger partial charge in [0.2, 0.25) is 0 Å². The number of aromatic nitrogens is 1. The number of piperidine rings is 1. The molecule has 28 heavy (non-hydrogen) atoms. The van der Waals surface area contributed by atoms with E-state index < -0.39 is 17.7 Å². The summed E-state index contributed by atoms with van der Waals surface area (Å²) in [5, 5.41) is 2.81. The number of carbonyl (C=O) groups is 2.